The number of rotatable bonds is 2. The number of hydrogen-bond acceptors (Lipinski definition) is 4. The number of nitrogens with zero attached hydrogens (tertiary/aromatic N) is 4. The van der Waals surface area contributed by atoms with Gasteiger partial charge in [0.25, 0.3) is 5.56 Å². The summed E-state index contributed by atoms with van der Waals surface area (Å²) < 4.78 is 1.59. The molecule has 1 aliphatic heterocycles. The van der Waals surface area contributed by atoms with E-state index in [0.717, 1.165) is 37.1 Å². The van der Waals surface area contributed by atoms with E-state index in [2.05, 4.69) is 21.7 Å². The minimum Gasteiger partial charge on any atom is -0.354 e. The van der Waals surface area contributed by atoms with Crippen LogP contribution in [0.1, 0.15) is 19.8 Å². The molecule has 0 unspecified atom stereocenters. The molecule has 0 bridgehead atoms. The molecule has 2 fully saturated rings. The van der Waals surface area contributed by atoms with E-state index in [-0.39, 0.29) is 5.56 Å². The first kappa shape index (κ1) is 12.8. The van der Waals surface area contributed by atoms with Gasteiger partial charge in [-0.25, -0.2) is 4.98 Å². The highest BCUT2D eigenvalue weighted by atomic mass is 16.1. The number of fused-ring (bicyclic) bond motifs is 1. The molecule has 110 valence electrons. The molecule has 0 spiro atoms. The number of pyridine rings is 1. The van der Waals surface area contributed by atoms with Gasteiger partial charge in [0.2, 0.25) is 0 Å². The maximum Gasteiger partial charge on any atom is 0.259 e. The fourth-order valence-corrected chi connectivity index (χ4v) is 3.33. The molecule has 0 radical (unpaired) electrons. The predicted molar refractivity (Wildman–Crippen MR) is 82.9 cm³/mol. The van der Waals surface area contributed by atoms with Crippen molar-refractivity contribution in [3.8, 4) is 0 Å². The third kappa shape index (κ3) is 2.31. The lowest BCUT2D eigenvalue weighted by Crippen LogP contribution is -2.53. The summed E-state index contributed by atoms with van der Waals surface area (Å²) >= 11 is 0. The van der Waals surface area contributed by atoms with Gasteiger partial charge in [-0.15, -0.1) is 0 Å². The first-order valence-electron chi connectivity index (χ1n) is 7.71. The summed E-state index contributed by atoms with van der Waals surface area (Å²) in [6, 6.07) is 8.65. The Morgan fingerprint density at radius 2 is 2.10 bits per heavy atom. The van der Waals surface area contributed by atoms with Crippen LogP contribution in [0.2, 0.25) is 0 Å². The van der Waals surface area contributed by atoms with Gasteiger partial charge in [0.05, 0.1) is 0 Å². The van der Waals surface area contributed by atoms with Gasteiger partial charge in [-0.3, -0.25) is 14.1 Å². The normalized spacial score (nSPS) is 23.7. The van der Waals surface area contributed by atoms with Gasteiger partial charge in [0.1, 0.15) is 11.5 Å². The van der Waals surface area contributed by atoms with Crippen LogP contribution >= 0.6 is 0 Å². The Balaban J connectivity index is 1.63. The molecule has 0 amide bonds. The Bertz CT molecular complexity index is 722. The first-order valence-corrected chi connectivity index (χ1v) is 7.71. The molecular formula is C16H20N4O. The molecule has 1 atom stereocenters. The van der Waals surface area contributed by atoms with Crippen molar-refractivity contribution in [1.82, 2.24) is 14.3 Å². The van der Waals surface area contributed by atoms with Crippen molar-refractivity contribution in [2.24, 2.45) is 0 Å². The maximum atomic E-state index is 12.2. The van der Waals surface area contributed by atoms with Crippen molar-refractivity contribution in [1.29, 1.82) is 0 Å². The van der Waals surface area contributed by atoms with E-state index >= 15 is 0 Å². The van der Waals surface area contributed by atoms with Crippen molar-refractivity contribution in [2.75, 3.05) is 24.5 Å². The molecule has 2 aliphatic rings. The Morgan fingerprint density at radius 3 is 2.86 bits per heavy atom. The van der Waals surface area contributed by atoms with Crippen LogP contribution < -0.4 is 10.5 Å². The van der Waals surface area contributed by atoms with Crippen LogP contribution in [0.25, 0.3) is 5.65 Å². The van der Waals surface area contributed by atoms with Gasteiger partial charge in [-0.1, -0.05) is 6.07 Å². The summed E-state index contributed by atoms with van der Waals surface area (Å²) in [5.41, 5.74) is 0.713. The molecule has 1 saturated heterocycles. The van der Waals surface area contributed by atoms with Gasteiger partial charge in [-0.2, -0.15) is 0 Å². The number of hydrogen-bond donors (Lipinski definition) is 0. The van der Waals surface area contributed by atoms with Crippen molar-refractivity contribution < 1.29 is 0 Å². The van der Waals surface area contributed by atoms with Crippen LogP contribution in [-0.4, -0.2) is 46.0 Å². The van der Waals surface area contributed by atoms with Crippen molar-refractivity contribution in [3.05, 3.63) is 40.8 Å². The molecular weight excluding hydrogens is 264 g/mol. The average Bonchev–Trinajstić information content (AvgIpc) is 3.32. The lowest BCUT2D eigenvalue weighted by Gasteiger charge is -2.40. The van der Waals surface area contributed by atoms with Crippen LogP contribution in [-0.2, 0) is 0 Å². The monoisotopic (exact) mass is 284 g/mol. The SMILES string of the molecule is C[C@H]1CN(c2cc(=O)n3ccccc3n2)CCN1C1CC1. The van der Waals surface area contributed by atoms with Crippen LogP contribution in [0.15, 0.2) is 35.3 Å². The molecule has 21 heavy (non-hydrogen) atoms. The summed E-state index contributed by atoms with van der Waals surface area (Å²) in [6.07, 6.45) is 4.46. The van der Waals surface area contributed by atoms with E-state index in [9.17, 15) is 4.79 Å². The van der Waals surface area contributed by atoms with Crippen LogP contribution in [0.3, 0.4) is 0 Å². The quantitative estimate of drug-likeness (QED) is 0.835. The van der Waals surface area contributed by atoms with E-state index in [1.807, 2.05) is 18.2 Å². The largest absolute Gasteiger partial charge is 0.354 e. The Kier molecular flexibility index (Phi) is 2.96. The van der Waals surface area contributed by atoms with Crippen molar-refractivity contribution in [2.45, 2.75) is 31.8 Å². The first-order chi connectivity index (χ1) is 10.2. The van der Waals surface area contributed by atoms with Gasteiger partial charge in [0, 0.05) is 44.0 Å². The number of aromatic nitrogens is 2. The molecule has 2 aromatic heterocycles. The summed E-state index contributed by atoms with van der Waals surface area (Å²) in [6.45, 7) is 5.25. The molecule has 4 rings (SSSR count). The van der Waals surface area contributed by atoms with E-state index in [1.165, 1.54) is 12.8 Å². The van der Waals surface area contributed by atoms with Gasteiger partial charge in [-0.05, 0) is 31.9 Å². The highest BCUT2D eigenvalue weighted by molar-refractivity contribution is 5.48. The molecule has 0 aromatic carbocycles. The summed E-state index contributed by atoms with van der Waals surface area (Å²) in [4.78, 5) is 21.7. The van der Waals surface area contributed by atoms with Gasteiger partial charge >= 0.3 is 0 Å². The zero-order valence-corrected chi connectivity index (χ0v) is 12.3. The molecule has 5 heteroatoms. The van der Waals surface area contributed by atoms with E-state index in [4.69, 9.17) is 0 Å². The van der Waals surface area contributed by atoms with Crippen LogP contribution in [0.5, 0.6) is 0 Å². The third-order valence-electron chi connectivity index (χ3n) is 4.58. The fraction of sp³-hybridized carbons (Fsp3) is 0.500. The van der Waals surface area contributed by atoms with Crippen molar-refractivity contribution >= 4 is 11.5 Å². The van der Waals surface area contributed by atoms with E-state index < -0.39 is 0 Å². The average molecular weight is 284 g/mol. The van der Waals surface area contributed by atoms with E-state index in [0.29, 0.717) is 6.04 Å². The summed E-state index contributed by atoms with van der Waals surface area (Å²) in [5, 5.41) is 0. The summed E-state index contributed by atoms with van der Waals surface area (Å²) in [7, 11) is 0. The van der Waals surface area contributed by atoms with Gasteiger partial charge < -0.3 is 4.90 Å². The molecule has 2 aromatic rings. The second-order valence-electron chi connectivity index (χ2n) is 6.15. The second kappa shape index (κ2) is 4.84. The maximum absolute atomic E-state index is 12.2. The minimum absolute atomic E-state index is 0.00660. The third-order valence-corrected chi connectivity index (χ3v) is 4.58. The lowest BCUT2D eigenvalue weighted by atomic mass is 10.2. The molecule has 3 heterocycles. The smallest absolute Gasteiger partial charge is 0.259 e. The lowest BCUT2D eigenvalue weighted by molar-refractivity contribution is 0.179. The van der Waals surface area contributed by atoms with Crippen LogP contribution in [0.4, 0.5) is 5.82 Å². The topological polar surface area (TPSA) is 40.9 Å². The predicted octanol–water partition coefficient (Wildman–Crippen LogP) is 1.37. The van der Waals surface area contributed by atoms with Crippen molar-refractivity contribution in [3.63, 3.8) is 0 Å². The molecule has 0 N–H and O–H groups in total. The standard InChI is InChI=1S/C16H20N4O/c1-12-11-18(8-9-19(12)13-5-6-13)15-10-16(21)20-7-3-2-4-14(20)17-15/h2-4,7,10,12-13H,5-6,8-9,11H2,1H3/t12-/m0/s1. The highest BCUT2D eigenvalue weighted by Crippen LogP contribution is 2.30. The van der Waals surface area contributed by atoms with Crippen LogP contribution in [0, 0.1) is 0 Å². The molecule has 5 nitrogen and oxygen atoms in total. The Labute approximate surface area is 123 Å². The Morgan fingerprint density at radius 1 is 1.24 bits per heavy atom. The fourth-order valence-electron chi connectivity index (χ4n) is 3.33. The number of anilines is 1. The summed E-state index contributed by atoms with van der Waals surface area (Å²) in [5.74, 6) is 0.813. The Hall–Kier alpha value is -1.88. The van der Waals surface area contributed by atoms with E-state index in [1.54, 1.807) is 16.7 Å². The zero-order chi connectivity index (χ0) is 14.4. The highest BCUT2D eigenvalue weighted by Gasteiger charge is 2.35. The number of piperazine rings is 1. The minimum atomic E-state index is -0.00660. The van der Waals surface area contributed by atoms with Gasteiger partial charge in [0.15, 0.2) is 0 Å². The zero-order valence-electron chi connectivity index (χ0n) is 12.3. The molecule has 1 saturated carbocycles. The molecule has 1 aliphatic carbocycles. The second-order valence-corrected chi connectivity index (χ2v) is 6.15.